The van der Waals surface area contributed by atoms with E-state index < -0.39 is 5.97 Å². The van der Waals surface area contributed by atoms with Gasteiger partial charge in [-0.2, -0.15) is 0 Å². The number of rotatable bonds is 7. The summed E-state index contributed by atoms with van der Waals surface area (Å²) in [4.78, 5) is 27.2. The number of ether oxygens (including phenoxy) is 1. The number of aromatic nitrogens is 5. The molecule has 0 fully saturated rings. The van der Waals surface area contributed by atoms with Crippen molar-refractivity contribution < 1.29 is 14.3 Å². The van der Waals surface area contributed by atoms with Gasteiger partial charge in [-0.05, 0) is 24.6 Å². The largest absolute Gasteiger partial charge is 0.462 e. The highest BCUT2D eigenvalue weighted by Gasteiger charge is 2.30. The molecule has 3 aromatic heterocycles. The molecular weight excluding hydrogens is 452 g/mol. The fourth-order valence-corrected chi connectivity index (χ4v) is 4.67. The Morgan fingerprint density at radius 1 is 1.00 bits per heavy atom. The Morgan fingerprint density at radius 3 is 2.47 bits per heavy atom. The van der Waals surface area contributed by atoms with E-state index in [4.69, 9.17) is 4.74 Å². The summed E-state index contributed by atoms with van der Waals surface area (Å²) in [6.07, 6.45) is 2.97. The number of ketones is 1. The fraction of sp³-hybridized carbons (Fsp3) is 0.0833. The minimum Gasteiger partial charge on any atom is -0.462 e. The molecule has 0 radical (unpaired) electrons. The average Bonchev–Trinajstić information content (AvgIpc) is 3.49. The first-order chi connectivity index (χ1) is 16.7. The first kappa shape index (κ1) is 21.4. The zero-order valence-electron chi connectivity index (χ0n) is 18.0. The van der Waals surface area contributed by atoms with Crippen molar-refractivity contribution in [2.45, 2.75) is 6.92 Å². The second kappa shape index (κ2) is 9.20. The maximum absolute atomic E-state index is 13.7. The first-order valence-electron chi connectivity index (χ1n) is 10.4. The maximum atomic E-state index is 13.7. The lowest BCUT2D eigenvalue weighted by atomic mass is 9.99. The monoisotopic (exact) mass is 470 g/mol. The number of benzene rings is 2. The topological polar surface area (TPSA) is 111 Å². The number of hydrogen-bond donors (Lipinski definition) is 1. The Bertz CT molecular complexity index is 1480. The number of nitrogens with one attached hydrogen (secondary N) is 1. The van der Waals surface area contributed by atoms with E-state index in [1.165, 1.54) is 28.3 Å². The molecule has 0 aliphatic heterocycles. The van der Waals surface area contributed by atoms with Crippen molar-refractivity contribution in [1.29, 1.82) is 0 Å². The highest BCUT2D eigenvalue weighted by atomic mass is 32.1. The van der Waals surface area contributed by atoms with E-state index in [9.17, 15) is 9.59 Å². The number of thiophene rings is 1. The Balaban J connectivity index is 1.71. The van der Waals surface area contributed by atoms with Crippen molar-refractivity contribution in [1.82, 2.24) is 24.8 Å². The number of hydrogen-bond acceptors (Lipinski definition) is 9. The van der Waals surface area contributed by atoms with E-state index in [-0.39, 0.29) is 23.9 Å². The van der Waals surface area contributed by atoms with Crippen LogP contribution in [0.1, 0.15) is 32.6 Å². The van der Waals surface area contributed by atoms with Crippen LogP contribution in [-0.4, -0.2) is 43.2 Å². The zero-order valence-corrected chi connectivity index (χ0v) is 18.8. The summed E-state index contributed by atoms with van der Waals surface area (Å²) in [5, 5.41) is 19.4. The molecule has 5 rings (SSSR count). The molecule has 3 heterocycles. The van der Waals surface area contributed by atoms with Gasteiger partial charge in [0.25, 0.3) is 5.78 Å². The first-order valence-corrected chi connectivity index (χ1v) is 11.3. The maximum Gasteiger partial charge on any atom is 0.341 e. The summed E-state index contributed by atoms with van der Waals surface area (Å²) in [5.41, 5.74) is 2.37. The van der Waals surface area contributed by atoms with Gasteiger partial charge in [-0.3, -0.25) is 9.20 Å². The average molecular weight is 471 g/mol. The molecule has 2 aromatic carbocycles. The molecule has 0 bridgehead atoms. The Morgan fingerprint density at radius 2 is 1.74 bits per heavy atom. The number of fused-ring (bicyclic) bond motifs is 1. The molecule has 9 nitrogen and oxygen atoms in total. The van der Waals surface area contributed by atoms with Crippen molar-refractivity contribution in [3.05, 3.63) is 89.3 Å². The molecule has 0 aliphatic rings. The number of nitrogens with zero attached hydrogens (tertiary/aromatic N) is 5. The molecule has 10 heteroatoms. The number of anilines is 2. The minimum atomic E-state index is -0.518. The third-order valence-corrected chi connectivity index (χ3v) is 6.09. The molecule has 0 spiro atoms. The number of para-hydroxylation sites is 1. The normalized spacial score (nSPS) is 10.9. The smallest absolute Gasteiger partial charge is 0.341 e. The molecule has 0 unspecified atom stereocenters. The molecule has 0 atom stereocenters. The SMILES string of the molecule is CCOC(=O)c1c(Nc2ccccc2)sc(C(=O)c2cn3cnnc3nn2)c1-c1ccccc1. The van der Waals surface area contributed by atoms with Gasteiger partial charge in [0.1, 0.15) is 16.9 Å². The third-order valence-electron chi connectivity index (χ3n) is 4.98. The van der Waals surface area contributed by atoms with Crippen LogP contribution in [0.25, 0.3) is 16.9 Å². The third kappa shape index (κ3) is 4.02. The van der Waals surface area contributed by atoms with Gasteiger partial charge in [0.05, 0.1) is 11.5 Å². The summed E-state index contributed by atoms with van der Waals surface area (Å²) < 4.78 is 6.90. The van der Waals surface area contributed by atoms with Crippen molar-refractivity contribution in [3.8, 4) is 11.1 Å². The molecule has 0 aliphatic carbocycles. The predicted octanol–water partition coefficient (Wildman–Crippen LogP) is 4.40. The van der Waals surface area contributed by atoms with Crippen LogP contribution in [0.4, 0.5) is 10.7 Å². The Hall–Kier alpha value is -4.44. The van der Waals surface area contributed by atoms with Gasteiger partial charge < -0.3 is 10.1 Å². The highest BCUT2D eigenvalue weighted by molar-refractivity contribution is 7.19. The molecule has 1 N–H and O–H groups in total. The fourth-order valence-electron chi connectivity index (χ4n) is 3.49. The molecular formula is C24H18N6O3S. The number of esters is 1. The van der Waals surface area contributed by atoms with Crippen LogP contribution in [0, 0.1) is 0 Å². The van der Waals surface area contributed by atoms with Crippen LogP contribution in [0.3, 0.4) is 0 Å². The van der Waals surface area contributed by atoms with Gasteiger partial charge in [0.15, 0.2) is 5.69 Å². The summed E-state index contributed by atoms with van der Waals surface area (Å²) in [6, 6.07) is 18.7. The lowest BCUT2D eigenvalue weighted by Crippen LogP contribution is -2.10. The van der Waals surface area contributed by atoms with Crippen molar-refractivity contribution in [2.24, 2.45) is 0 Å². The van der Waals surface area contributed by atoms with Gasteiger partial charge in [0, 0.05) is 17.4 Å². The van der Waals surface area contributed by atoms with Crippen LogP contribution in [-0.2, 0) is 4.74 Å². The summed E-state index contributed by atoms with van der Waals surface area (Å²) in [6.45, 7) is 1.94. The van der Waals surface area contributed by atoms with Crippen LogP contribution >= 0.6 is 11.3 Å². The molecule has 5 aromatic rings. The predicted molar refractivity (Wildman–Crippen MR) is 127 cm³/mol. The van der Waals surface area contributed by atoms with Gasteiger partial charge in [-0.25, -0.2) is 4.79 Å². The molecule has 168 valence electrons. The standard InChI is InChI=1S/C24H18N6O3S/c1-2-33-23(32)19-18(15-9-5-3-6-10-15)21(34-22(19)26-16-11-7-4-8-12-16)20(31)17-13-30-14-25-28-24(30)29-27-17/h3-14,26H,2H2,1H3. The van der Waals surface area contributed by atoms with Crippen LogP contribution < -0.4 is 5.32 Å². The van der Waals surface area contributed by atoms with Crippen molar-refractivity contribution in [2.75, 3.05) is 11.9 Å². The zero-order chi connectivity index (χ0) is 23.5. The second-order valence-corrected chi connectivity index (χ2v) is 8.19. The van der Waals surface area contributed by atoms with E-state index in [2.05, 4.69) is 25.7 Å². The molecule has 0 saturated carbocycles. The van der Waals surface area contributed by atoms with Gasteiger partial charge >= 0.3 is 5.97 Å². The Labute approximate surface area is 198 Å². The molecule has 34 heavy (non-hydrogen) atoms. The second-order valence-electron chi connectivity index (χ2n) is 7.17. The van der Waals surface area contributed by atoms with Crippen LogP contribution in [0.5, 0.6) is 0 Å². The van der Waals surface area contributed by atoms with Crippen LogP contribution in [0.2, 0.25) is 0 Å². The van der Waals surface area contributed by atoms with E-state index in [1.54, 1.807) is 6.92 Å². The number of carbonyl (C=O) groups excluding carboxylic acids is 2. The molecule has 0 amide bonds. The Kier molecular flexibility index (Phi) is 5.79. The van der Waals surface area contributed by atoms with Crippen molar-refractivity contribution >= 4 is 39.6 Å². The van der Waals surface area contributed by atoms with E-state index in [1.807, 2.05) is 60.7 Å². The molecule has 0 saturated heterocycles. The lowest BCUT2D eigenvalue weighted by molar-refractivity contribution is 0.0529. The van der Waals surface area contributed by atoms with E-state index in [0.717, 1.165) is 5.69 Å². The number of carbonyl (C=O) groups is 2. The van der Waals surface area contributed by atoms with Gasteiger partial charge in [0.2, 0.25) is 5.78 Å². The lowest BCUT2D eigenvalue weighted by Gasteiger charge is -2.10. The van der Waals surface area contributed by atoms with Gasteiger partial charge in [-0.1, -0.05) is 48.5 Å². The van der Waals surface area contributed by atoms with E-state index in [0.29, 0.717) is 26.6 Å². The summed E-state index contributed by atoms with van der Waals surface area (Å²) >= 11 is 1.17. The highest BCUT2D eigenvalue weighted by Crippen LogP contribution is 2.43. The van der Waals surface area contributed by atoms with Crippen LogP contribution in [0.15, 0.2) is 73.2 Å². The van der Waals surface area contributed by atoms with E-state index >= 15 is 0 Å². The minimum absolute atomic E-state index is 0.104. The van der Waals surface area contributed by atoms with Gasteiger partial charge in [-0.15, -0.1) is 31.7 Å². The quantitative estimate of drug-likeness (QED) is 0.275. The summed E-state index contributed by atoms with van der Waals surface area (Å²) in [7, 11) is 0. The van der Waals surface area contributed by atoms with Crippen molar-refractivity contribution in [3.63, 3.8) is 0 Å². The summed E-state index contributed by atoms with van der Waals surface area (Å²) in [5.74, 6) is -0.612.